The van der Waals surface area contributed by atoms with Crippen molar-refractivity contribution in [2.45, 2.75) is 65.3 Å². The van der Waals surface area contributed by atoms with Crippen LogP contribution in [0.1, 0.15) is 68.4 Å². The first kappa shape index (κ1) is 22.7. The molecule has 0 aliphatic heterocycles. The van der Waals surface area contributed by atoms with E-state index in [1.807, 2.05) is 6.08 Å². The number of sulfonamides is 1. The minimum Gasteiger partial charge on any atom is -0.353 e. The van der Waals surface area contributed by atoms with Crippen molar-refractivity contribution in [2.24, 2.45) is 0 Å². The Labute approximate surface area is 170 Å². The second-order valence-corrected chi connectivity index (χ2v) is 10.1. The molecule has 6 nitrogen and oxygen atoms in total. The molecule has 1 saturated carbocycles. The molecule has 0 bridgehead atoms. The van der Waals surface area contributed by atoms with Crippen molar-refractivity contribution in [3.05, 3.63) is 29.1 Å². The molecule has 1 aliphatic rings. The van der Waals surface area contributed by atoms with Gasteiger partial charge in [0.1, 0.15) is 0 Å². The maximum atomic E-state index is 12.1. The lowest BCUT2D eigenvalue weighted by Crippen LogP contribution is -2.32. The summed E-state index contributed by atoms with van der Waals surface area (Å²) in [6, 6.07) is 2.74. The fraction of sp³-hybridized carbons (Fsp3) is 0.667. The lowest BCUT2D eigenvalue weighted by atomic mass is 9.95. The van der Waals surface area contributed by atoms with Gasteiger partial charge >= 0.3 is 0 Å². The molecule has 0 radical (unpaired) electrons. The monoisotopic (exact) mass is 409 g/mol. The summed E-state index contributed by atoms with van der Waals surface area (Å²) < 4.78 is 27.1. The Hall–Kier alpha value is -1.60. The molecule has 1 amide bonds. The van der Waals surface area contributed by atoms with Crippen molar-refractivity contribution >= 4 is 22.0 Å². The summed E-state index contributed by atoms with van der Waals surface area (Å²) in [4.78, 5) is 12.1. The highest BCUT2D eigenvalue weighted by molar-refractivity contribution is 7.89. The summed E-state index contributed by atoms with van der Waals surface area (Å²) in [6.07, 6.45) is 10.4. The molecule has 1 aliphatic carbocycles. The Balaban J connectivity index is 1.85. The van der Waals surface area contributed by atoms with E-state index in [0.717, 1.165) is 5.56 Å². The zero-order chi connectivity index (χ0) is 20.7. The number of aromatic nitrogens is 1. The third-order valence-electron chi connectivity index (χ3n) is 5.67. The highest BCUT2D eigenvalue weighted by Gasteiger charge is 2.19. The van der Waals surface area contributed by atoms with Crippen molar-refractivity contribution in [3.63, 3.8) is 0 Å². The molecule has 28 heavy (non-hydrogen) atoms. The summed E-state index contributed by atoms with van der Waals surface area (Å²) >= 11 is 0. The van der Waals surface area contributed by atoms with Crippen LogP contribution in [0.4, 0.5) is 0 Å². The fourth-order valence-electron chi connectivity index (χ4n) is 3.97. The molecular formula is C21H35N3O3S. The molecule has 0 saturated heterocycles. The van der Waals surface area contributed by atoms with Gasteiger partial charge in [-0.15, -0.1) is 0 Å². The molecule has 1 N–H and O–H groups in total. The van der Waals surface area contributed by atoms with Gasteiger partial charge in [-0.1, -0.05) is 19.3 Å². The first-order chi connectivity index (χ1) is 13.3. The predicted octanol–water partition coefficient (Wildman–Crippen LogP) is 3.41. The summed E-state index contributed by atoms with van der Waals surface area (Å²) in [6.45, 7) is 6.75. The van der Waals surface area contributed by atoms with E-state index in [2.05, 4.69) is 29.8 Å². The maximum Gasteiger partial charge on any atom is 0.244 e. The van der Waals surface area contributed by atoms with E-state index >= 15 is 0 Å². The Morgan fingerprint density at radius 1 is 1.29 bits per heavy atom. The molecule has 0 aromatic carbocycles. The lowest BCUT2D eigenvalue weighted by Gasteiger charge is -2.26. The molecule has 1 fully saturated rings. The standard InChI is InChI=1S/C21H35N3O3S/c1-5-28(26,27)23(4)15-9-14-22-21(25)13-12-19-16-17(2)24(18(19)3)20-10-7-6-8-11-20/h12-13,16,20H,5-11,14-15H2,1-4H3,(H,22,25). The number of hydrogen-bond acceptors (Lipinski definition) is 3. The zero-order valence-corrected chi connectivity index (χ0v) is 18.5. The van der Waals surface area contributed by atoms with Gasteiger partial charge in [0.05, 0.1) is 5.75 Å². The lowest BCUT2D eigenvalue weighted by molar-refractivity contribution is -0.116. The molecule has 0 spiro atoms. The highest BCUT2D eigenvalue weighted by Crippen LogP contribution is 2.32. The van der Waals surface area contributed by atoms with Gasteiger partial charge in [-0.2, -0.15) is 0 Å². The fourth-order valence-corrected chi connectivity index (χ4v) is 4.82. The van der Waals surface area contributed by atoms with Crippen molar-refractivity contribution in [1.82, 2.24) is 14.2 Å². The number of carbonyl (C=O) groups excluding carboxylic acids is 1. The number of hydrogen-bond donors (Lipinski definition) is 1. The molecule has 0 atom stereocenters. The number of nitrogens with zero attached hydrogens (tertiary/aromatic N) is 2. The Bertz CT molecular complexity index is 790. The van der Waals surface area contributed by atoms with Crippen molar-refractivity contribution in [2.75, 3.05) is 25.9 Å². The van der Waals surface area contributed by atoms with E-state index in [-0.39, 0.29) is 11.7 Å². The third kappa shape index (κ3) is 5.95. The van der Waals surface area contributed by atoms with Gasteiger partial charge in [0.15, 0.2) is 0 Å². The number of nitrogens with one attached hydrogen (secondary N) is 1. The summed E-state index contributed by atoms with van der Waals surface area (Å²) in [5, 5.41) is 2.83. The average molecular weight is 410 g/mol. The average Bonchev–Trinajstić information content (AvgIpc) is 2.97. The van der Waals surface area contributed by atoms with E-state index in [0.29, 0.717) is 25.6 Å². The number of carbonyl (C=O) groups is 1. The zero-order valence-electron chi connectivity index (χ0n) is 17.7. The molecule has 1 aromatic rings. The van der Waals surface area contributed by atoms with Crippen LogP contribution in [-0.4, -0.2) is 49.1 Å². The smallest absolute Gasteiger partial charge is 0.244 e. The Morgan fingerprint density at radius 2 is 1.96 bits per heavy atom. The summed E-state index contributed by atoms with van der Waals surface area (Å²) in [5.41, 5.74) is 3.57. The molecule has 7 heteroatoms. The van der Waals surface area contributed by atoms with Gasteiger partial charge in [0.2, 0.25) is 15.9 Å². The molecule has 158 valence electrons. The van der Waals surface area contributed by atoms with Crippen LogP contribution in [0.25, 0.3) is 6.08 Å². The summed E-state index contributed by atoms with van der Waals surface area (Å²) in [5.74, 6) is -0.0545. The van der Waals surface area contributed by atoms with Gasteiger partial charge in [-0.3, -0.25) is 4.79 Å². The minimum atomic E-state index is -3.16. The van der Waals surface area contributed by atoms with Crippen molar-refractivity contribution < 1.29 is 13.2 Å². The van der Waals surface area contributed by atoms with Gasteiger partial charge in [0.25, 0.3) is 0 Å². The number of amides is 1. The van der Waals surface area contributed by atoms with Crippen LogP contribution in [0.5, 0.6) is 0 Å². The number of rotatable bonds is 9. The van der Waals surface area contributed by atoms with Crippen molar-refractivity contribution in [3.8, 4) is 0 Å². The van der Waals surface area contributed by atoms with Gasteiger partial charge < -0.3 is 9.88 Å². The van der Waals surface area contributed by atoms with Crippen LogP contribution in [0.3, 0.4) is 0 Å². The molecular weight excluding hydrogens is 374 g/mol. The van der Waals surface area contributed by atoms with Crippen LogP contribution in [0.2, 0.25) is 0 Å². The second kappa shape index (κ2) is 10.3. The minimum absolute atomic E-state index is 0.0951. The van der Waals surface area contributed by atoms with E-state index < -0.39 is 10.0 Å². The molecule has 1 aromatic heterocycles. The van der Waals surface area contributed by atoms with E-state index in [1.54, 1.807) is 20.0 Å². The highest BCUT2D eigenvalue weighted by atomic mass is 32.2. The van der Waals surface area contributed by atoms with Gasteiger partial charge in [0, 0.05) is 43.6 Å². The summed E-state index contributed by atoms with van der Waals surface area (Å²) in [7, 11) is -1.58. The molecule has 1 heterocycles. The second-order valence-electron chi connectivity index (χ2n) is 7.69. The van der Waals surface area contributed by atoms with Crippen molar-refractivity contribution in [1.29, 1.82) is 0 Å². The van der Waals surface area contributed by atoms with Gasteiger partial charge in [-0.05, 0) is 57.7 Å². The predicted molar refractivity (Wildman–Crippen MR) is 115 cm³/mol. The number of aryl methyl sites for hydroxylation is 1. The molecule has 2 rings (SSSR count). The van der Waals surface area contributed by atoms with Crippen LogP contribution in [0, 0.1) is 13.8 Å². The Morgan fingerprint density at radius 3 is 2.61 bits per heavy atom. The first-order valence-electron chi connectivity index (χ1n) is 10.3. The van der Waals surface area contributed by atoms with E-state index in [4.69, 9.17) is 0 Å². The largest absolute Gasteiger partial charge is 0.353 e. The van der Waals surface area contributed by atoms with Gasteiger partial charge in [-0.25, -0.2) is 12.7 Å². The molecule has 0 unspecified atom stereocenters. The van der Waals surface area contributed by atoms with Crippen LogP contribution in [0.15, 0.2) is 12.1 Å². The van der Waals surface area contributed by atoms with Crippen LogP contribution in [-0.2, 0) is 14.8 Å². The topological polar surface area (TPSA) is 71.4 Å². The first-order valence-corrected chi connectivity index (χ1v) is 12.0. The SMILES string of the molecule is CCS(=O)(=O)N(C)CCCNC(=O)C=Cc1cc(C)n(C2CCCCC2)c1C. The third-order valence-corrected chi connectivity index (χ3v) is 7.53. The maximum absolute atomic E-state index is 12.1. The van der Waals surface area contributed by atoms with Crippen LogP contribution >= 0.6 is 0 Å². The quantitative estimate of drug-likeness (QED) is 0.502. The van der Waals surface area contributed by atoms with E-state index in [1.165, 1.54) is 47.8 Å². The normalized spacial score (nSPS) is 16.2. The van der Waals surface area contributed by atoms with Crippen LogP contribution < -0.4 is 5.32 Å². The van der Waals surface area contributed by atoms with E-state index in [9.17, 15) is 13.2 Å². The Kier molecular flexibility index (Phi) is 8.31.